The summed E-state index contributed by atoms with van der Waals surface area (Å²) in [4.78, 5) is 28.1. The van der Waals surface area contributed by atoms with E-state index in [9.17, 15) is 9.59 Å². The van der Waals surface area contributed by atoms with Crippen LogP contribution in [0, 0.1) is 0 Å². The number of nitrogens with one attached hydrogen (secondary N) is 1. The SMILES string of the molecule is CCCCCc1ccc(C(=O)N(CCC)CC(=O)Nc2cc(-c3ccccc3)nn2-c2ccccc2)cc1. The van der Waals surface area contributed by atoms with E-state index in [1.807, 2.05) is 97.9 Å². The fourth-order valence-electron chi connectivity index (χ4n) is 4.44. The minimum absolute atomic E-state index is 0.0361. The zero-order valence-corrected chi connectivity index (χ0v) is 22.3. The molecule has 3 aromatic carbocycles. The molecule has 4 aromatic rings. The van der Waals surface area contributed by atoms with Gasteiger partial charge in [-0.15, -0.1) is 0 Å². The van der Waals surface area contributed by atoms with Crippen LogP contribution >= 0.6 is 0 Å². The molecule has 0 saturated carbocycles. The minimum atomic E-state index is -0.264. The van der Waals surface area contributed by atoms with Crippen molar-refractivity contribution in [3.05, 3.63) is 102 Å². The molecule has 1 aromatic heterocycles. The standard InChI is InChI=1S/C32H36N4O2/c1-3-5-8-13-25-18-20-27(21-19-25)32(38)35(22-4-2)24-31(37)33-30-23-29(26-14-9-6-10-15-26)34-36(30)28-16-11-7-12-17-28/h6-7,9-12,14-21,23H,3-5,8,13,22,24H2,1-2H3,(H,33,37). The van der Waals surface area contributed by atoms with Crippen LogP contribution in [0.3, 0.4) is 0 Å². The van der Waals surface area contributed by atoms with E-state index in [0.29, 0.717) is 17.9 Å². The molecule has 196 valence electrons. The van der Waals surface area contributed by atoms with Crippen molar-refractivity contribution in [1.82, 2.24) is 14.7 Å². The van der Waals surface area contributed by atoms with Gasteiger partial charge >= 0.3 is 0 Å². The molecule has 38 heavy (non-hydrogen) atoms. The van der Waals surface area contributed by atoms with Gasteiger partial charge in [-0.05, 0) is 49.1 Å². The average Bonchev–Trinajstić information content (AvgIpc) is 3.37. The number of carbonyl (C=O) groups excluding carboxylic acids is 2. The molecule has 4 rings (SSSR count). The Kier molecular flexibility index (Phi) is 9.46. The maximum atomic E-state index is 13.3. The summed E-state index contributed by atoms with van der Waals surface area (Å²) >= 11 is 0. The van der Waals surface area contributed by atoms with E-state index >= 15 is 0 Å². The molecule has 1 N–H and O–H groups in total. The number of unbranched alkanes of at least 4 members (excludes halogenated alkanes) is 2. The fraction of sp³-hybridized carbons (Fsp3) is 0.281. The molecule has 0 fully saturated rings. The molecule has 6 nitrogen and oxygen atoms in total. The van der Waals surface area contributed by atoms with Crippen molar-refractivity contribution in [2.75, 3.05) is 18.4 Å². The summed E-state index contributed by atoms with van der Waals surface area (Å²) in [7, 11) is 0. The minimum Gasteiger partial charge on any atom is -0.329 e. The molecule has 6 heteroatoms. The van der Waals surface area contributed by atoms with Gasteiger partial charge in [0, 0.05) is 23.7 Å². The molecule has 0 aliphatic carbocycles. The number of para-hydroxylation sites is 1. The third-order valence-corrected chi connectivity index (χ3v) is 6.43. The first-order valence-corrected chi connectivity index (χ1v) is 13.5. The van der Waals surface area contributed by atoms with Crippen LogP contribution in [-0.2, 0) is 11.2 Å². The zero-order valence-electron chi connectivity index (χ0n) is 22.3. The number of aromatic nitrogens is 2. The van der Waals surface area contributed by atoms with Gasteiger partial charge in [0.15, 0.2) is 0 Å². The second-order valence-corrected chi connectivity index (χ2v) is 9.46. The van der Waals surface area contributed by atoms with E-state index in [1.54, 1.807) is 9.58 Å². The molecule has 2 amide bonds. The molecule has 0 atom stereocenters. The van der Waals surface area contributed by atoms with Crippen LogP contribution in [0.25, 0.3) is 16.9 Å². The molecule has 0 spiro atoms. The van der Waals surface area contributed by atoms with Crippen LogP contribution in [-0.4, -0.2) is 39.6 Å². The Hall–Kier alpha value is -4.19. The topological polar surface area (TPSA) is 67.2 Å². The number of hydrogen-bond donors (Lipinski definition) is 1. The summed E-state index contributed by atoms with van der Waals surface area (Å²) in [6.07, 6.45) is 5.32. The van der Waals surface area contributed by atoms with Crippen molar-refractivity contribution in [1.29, 1.82) is 0 Å². The van der Waals surface area contributed by atoms with E-state index in [1.165, 1.54) is 18.4 Å². The van der Waals surface area contributed by atoms with Crippen LogP contribution in [0.5, 0.6) is 0 Å². The van der Waals surface area contributed by atoms with E-state index < -0.39 is 0 Å². The highest BCUT2D eigenvalue weighted by molar-refractivity contribution is 5.99. The van der Waals surface area contributed by atoms with E-state index in [-0.39, 0.29) is 18.4 Å². The lowest BCUT2D eigenvalue weighted by Gasteiger charge is -2.22. The van der Waals surface area contributed by atoms with Crippen molar-refractivity contribution >= 4 is 17.6 Å². The van der Waals surface area contributed by atoms with Gasteiger partial charge in [-0.1, -0.05) is 87.4 Å². The first kappa shape index (κ1) is 26.9. The van der Waals surface area contributed by atoms with Crippen LogP contribution in [0.2, 0.25) is 0 Å². The zero-order chi connectivity index (χ0) is 26.7. The van der Waals surface area contributed by atoms with Gasteiger partial charge in [0.05, 0.1) is 11.4 Å². The Balaban J connectivity index is 1.50. The molecule has 0 radical (unpaired) electrons. The number of aryl methyl sites for hydroxylation is 1. The summed E-state index contributed by atoms with van der Waals surface area (Å²) in [6.45, 7) is 4.66. The monoisotopic (exact) mass is 508 g/mol. The summed E-state index contributed by atoms with van der Waals surface area (Å²) < 4.78 is 1.73. The predicted molar refractivity (Wildman–Crippen MR) is 153 cm³/mol. The number of benzene rings is 3. The third-order valence-electron chi connectivity index (χ3n) is 6.43. The lowest BCUT2D eigenvalue weighted by atomic mass is 10.0. The van der Waals surface area contributed by atoms with Crippen LogP contribution in [0.1, 0.15) is 55.5 Å². The van der Waals surface area contributed by atoms with Crippen LogP contribution in [0.4, 0.5) is 5.82 Å². The summed E-state index contributed by atoms with van der Waals surface area (Å²) in [5, 5.41) is 7.76. The van der Waals surface area contributed by atoms with Gasteiger partial charge in [0.1, 0.15) is 12.4 Å². The summed E-state index contributed by atoms with van der Waals surface area (Å²) in [5.41, 5.74) is 4.39. The van der Waals surface area contributed by atoms with Gasteiger partial charge in [-0.2, -0.15) is 5.10 Å². The lowest BCUT2D eigenvalue weighted by Crippen LogP contribution is -2.38. The molecule has 0 aliphatic rings. The van der Waals surface area contributed by atoms with E-state index in [0.717, 1.165) is 36.2 Å². The Morgan fingerprint density at radius 2 is 1.53 bits per heavy atom. The van der Waals surface area contributed by atoms with Crippen molar-refractivity contribution < 1.29 is 9.59 Å². The largest absolute Gasteiger partial charge is 0.329 e. The average molecular weight is 509 g/mol. The second kappa shape index (κ2) is 13.4. The normalized spacial score (nSPS) is 10.8. The maximum absolute atomic E-state index is 13.3. The number of carbonyl (C=O) groups is 2. The quantitative estimate of drug-likeness (QED) is 0.215. The smallest absolute Gasteiger partial charge is 0.254 e. The number of nitrogens with zero attached hydrogens (tertiary/aromatic N) is 3. The lowest BCUT2D eigenvalue weighted by molar-refractivity contribution is -0.116. The van der Waals surface area contributed by atoms with E-state index in [4.69, 9.17) is 5.10 Å². The predicted octanol–water partition coefficient (Wildman–Crippen LogP) is 6.76. The van der Waals surface area contributed by atoms with E-state index in [2.05, 4.69) is 12.2 Å². The Bertz CT molecular complexity index is 1310. The highest BCUT2D eigenvalue weighted by Gasteiger charge is 2.20. The highest BCUT2D eigenvalue weighted by Crippen LogP contribution is 2.25. The van der Waals surface area contributed by atoms with Gasteiger partial charge in [0.25, 0.3) is 5.91 Å². The number of rotatable bonds is 12. The molecule has 0 unspecified atom stereocenters. The molecular weight excluding hydrogens is 472 g/mol. The molecular formula is C32H36N4O2. The third kappa shape index (κ3) is 6.97. The van der Waals surface area contributed by atoms with Crippen LogP contribution < -0.4 is 5.32 Å². The Morgan fingerprint density at radius 1 is 0.842 bits per heavy atom. The van der Waals surface area contributed by atoms with Crippen molar-refractivity contribution in [2.24, 2.45) is 0 Å². The fourth-order valence-corrected chi connectivity index (χ4v) is 4.44. The van der Waals surface area contributed by atoms with Gasteiger partial charge in [0.2, 0.25) is 5.91 Å². The van der Waals surface area contributed by atoms with Gasteiger partial charge in [-0.25, -0.2) is 4.68 Å². The van der Waals surface area contributed by atoms with Gasteiger partial charge < -0.3 is 10.2 Å². The highest BCUT2D eigenvalue weighted by atomic mass is 16.2. The number of hydrogen-bond acceptors (Lipinski definition) is 3. The Morgan fingerprint density at radius 3 is 2.18 bits per heavy atom. The van der Waals surface area contributed by atoms with Crippen molar-refractivity contribution in [3.8, 4) is 16.9 Å². The number of amides is 2. The molecule has 0 bridgehead atoms. The van der Waals surface area contributed by atoms with Crippen molar-refractivity contribution in [3.63, 3.8) is 0 Å². The van der Waals surface area contributed by atoms with Gasteiger partial charge in [-0.3, -0.25) is 9.59 Å². The molecule has 0 aliphatic heterocycles. The second-order valence-electron chi connectivity index (χ2n) is 9.46. The summed E-state index contributed by atoms with van der Waals surface area (Å²) in [6, 6.07) is 29.2. The van der Waals surface area contributed by atoms with Crippen molar-refractivity contribution in [2.45, 2.75) is 46.0 Å². The first-order valence-electron chi connectivity index (χ1n) is 13.5. The molecule has 0 saturated heterocycles. The van der Waals surface area contributed by atoms with Crippen LogP contribution in [0.15, 0.2) is 91.0 Å². The summed E-state index contributed by atoms with van der Waals surface area (Å²) in [5.74, 6) is 0.156. The number of anilines is 1. The Labute approximate surface area is 225 Å². The maximum Gasteiger partial charge on any atom is 0.254 e. The molecule has 1 heterocycles. The first-order chi connectivity index (χ1) is 18.6.